The number of carbonyl (C=O) groups excluding carboxylic acids is 3. The van der Waals surface area contributed by atoms with Crippen molar-refractivity contribution in [3.8, 4) is 0 Å². The number of hydrogen-bond acceptors (Lipinski definition) is 5. The van der Waals surface area contributed by atoms with E-state index in [2.05, 4.69) is 10.7 Å². The van der Waals surface area contributed by atoms with Crippen molar-refractivity contribution in [3.05, 3.63) is 75.8 Å². The molecule has 132 valence electrons. The second kappa shape index (κ2) is 6.28. The Hall–Kier alpha value is -3.75. The molecule has 4 amide bonds. The van der Waals surface area contributed by atoms with E-state index in [0.717, 1.165) is 0 Å². The molecule has 1 heterocycles. The molecular formula is C17H14N4O5. The normalized spacial score (nSPS) is 19.2. The van der Waals surface area contributed by atoms with Gasteiger partial charge in [-0.15, -0.1) is 0 Å². The molecule has 2 N–H and O–H groups in total. The number of non-ortho nitro benzene ring substituents is 1. The topological polar surface area (TPSA) is 122 Å². The summed E-state index contributed by atoms with van der Waals surface area (Å²) >= 11 is 0. The van der Waals surface area contributed by atoms with Crippen LogP contribution in [0.4, 0.5) is 10.5 Å². The van der Waals surface area contributed by atoms with Crippen molar-refractivity contribution in [3.63, 3.8) is 0 Å². The molecule has 1 fully saturated rings. The molecule has 1 aliphatic rings. The van der Waals surface area contributed by atoms with Gasteiger partial charge in [0, 0.05) is 17.7 Å². The first-order valence-corrected chi connectivity index (χ1v) is 7.60. The summed E-state index contributed by atoms with van der Waals surface area (Å²) in [6.07, 6.45) is 0. The van der Waals surface area contributed by atoms with Crippen LogP contribution in [-0.2, 0) is 10.3 Å². The van der Waals surface area contributed by atoms with E-state index in [1.165, 1.54) is 31.2 Å². The van der Waals surface area contributed by atoms with Gasteiger partial charge in [-0.3, -0.25) is 25.1 Å². The Labute approximate surface area is 147 Å². The monoisotopic (exact) mass is 354 g/mol. The molecule has 26 heavy (non-hydrogen) atoms. The van der Waals surface area contributed by atoms with Crippen molar-refractivity contribution in [1.29, 1.82) is 0 Å². The Balaban J connectivity index is 1.83. The summed E-state index contributed by atoms with van der Waals surface area (Å²) in [5, 5.41) is 13.9. The van der Waals surface area contributed by atoms with E-state index >= 15 is 0 Å². The van der Waals surface area contributed by atoms with Gasteiger partial charge in [0.15, 0.2) is 0 Å². The van der Waals surface area contributed by atoms with Crippen LogP contribution >= 0.6 is 0 Å². The van der Waals surface area contributed by atoms with Gasteiger partial charge in [-0.05, 0) is 36.8 Å². The van der Waals surface area contributed by atoms with Gasteiger partial charge < -0.3 is 5.32 Å². The highest BCUT2D eigenvalue weighted by molar-refractivity contribution is 6.09. The smallest absolute Gasteiger partial charge is 0.318 e. The summed E-state index contributed by atoms with van der Waals surface area (Å²) in [5.74, 6) is -1.30. The van der Waals surface area contributed by atoms with E-state index in [-0.39, 0.29) is 11.3 Å². The number of amides is 4. The van der Waals surface area contributed by atoms with E-state index in [1.54, 1.807) is 30.3 Å². The number of nitrogens with one attached hydrogen (secondary N) is 2. The van der Waals surface area contributed by atoms with Gasteiger partial charge in [-0.2, -0.15) is 5.01 Å². The van der Waals surface area contributed by atoms with Crippen LogP contribution in [0, 0.1) is 10.1 Å². The highest BCUT2D eigenvalue weighted by atomic mass is 16.6. The molecule has 0 saturated carbocycles. The van der Waals surface area contributed by atoms with E-state index < -0.39 is 28.3 Å². The van der Waals surface area contributed by atoms with Crippen LogP contribution in [-0.4, -0.2) is 27.8 Å². The Bertz CT molecular complexity index is 897. The zero-order valence-electron chi connectivity index (χ0n) is 13.6. The largest absolute Gasteiger partial charge is 0.344 e. The lowest BCUT2D eigenvalue weighted by Gasteiger charge is -2.22. The highest BCUT2D eigenvalue weighted by Crippen LogP contribution is 2.29. The SMILES string of the molecule is C[C@]1(c2ccc([N+](=O)[O-])cc2)NC(=O)N(NC(=O)c2ccccc2)C1=O. The Kier molecular flexibility index (Phi) is 4.13. The van der Waals surface area contributed by atoms with Crippen LogP contribution in [0.2, 0.25) is 0 Å². The second-order valence-corrected chi connectivity index (χ2v) is 5.81. The zero-order valence-corrected chi connectivity index (χ0v) is 13.6. The van der Waals surface area contributed by atoms with Crippen LogP contribution in [0.3, 0.4) is 0 Å². The molecule has 3 rings (SSSR count). The van der Waals surface area contributed by atoms with Gasteiger partial charge in [-0.25, -0.2) is 4.79 Å². The molecule has 2 aromatic carbocycles. The zero-order chi connectivity index (χ0) is 18.9. The second-order valence-electron chi connectivity index (χ2n) is 5.81. The molecule has 0 bridgehead atoms. The van der Waals surface area contributed by atoms with Crippen LogP contribution in [0.15, 0.2) is 54.6 Å². The van der Waals surface area contributed by atoms with Gasteiger partial charge in [0.25, 0.3) is 17.5 Å². The average molecular weight is 354 g/mol. The molecule has 9 heteroatoms. The van der Waals surface area contributed by atoms with Crippen LogP contribution in [0.1, 0.15) is 22.8 Å². The lowest BCUT2D eigenvalue weighted by molar-refractivity contribution is -0.384. The van der Waals surface area contributed by atoms with Crippen molar-refractivity contribution in [2.45, 2.75) is 12.5 Å². The fourth-order valence-corrected chi connectivity index (χ4v) is 2.61. The minimum atomic E-state index is -1.45. The molecule has 0 aromatic heterocycles. The van der Waals surface area contributed by atoms with Crippen molar-refractivity contribution < 1.29 is 19.3 Å². The standard InChI is InChI=1S/C17H14N4O5/c1-17(12-7-9-13(10-8-12)21(25)26)15(23)20(16(24)18-17)19-14(22)11-5-3-2-4-6-11/h2-10H,1H3,(H,18,24)(H,19,22)/t17-/m1/s1. The minimum absolute atomic E-state index is 0.136. The van der Waals surface area contributed by atoms with Gasteiger partial charge >= 0.3 is 6.03 Å². The first-order chi connectivity index (χ1) is 12.3. The molecular weight excluding hydrogens is 340 g/mol. The van der Waals surface area contributed by atoms with Crippen molar-refractivity contribution in [2.24, 2.45) is 0 Å². The van der Waals surface area contributed by atoms with Crippen molar-refractivity contribution in [2.75, 3.05) is 0 Å². The third kappa shape index (κ3) is 2.86. The first-order valence-electron chi connectivity index (χ1n) is 7.60. The molecule has 0 aliphatic carbocycles. The quantitative estimate of drug-likeness (QED) is 0.492. The number of urea groups is 1. The van der Waals surface area contributed by atoms with Gasteiger partial charge in [0.1, 0.15) is 5.54 Å². The van der Waals surface area contributed by atoms with Crippen LogP contribution in [0.5, 0.6) is 0 Å². The third-order valence-electron chi connectivity index (χ3n) is 4.10. The number of nitro benzene ring substituents is 1. The molecule has 0 unspecified atom stereocenters. The van der Waals surface area contributed by atoms with Gasteiger partial charge in [0.2, 0.25) is 0 Å². The Morgan fingerprint density at radius 1 is 1.12 bits per heavy atom. The number of hydrogen-bond donors (Lipinski definition) is 2. The number of carbonyl (C=O) groups is 3. The maximum absolute atomic E-state index is 12.7. The lowest BCUT2D eigenvalue weighted by Crippen LogP contribution is -2.47. The number of benzene rings is 2. The predicted octanol–water partition coefficient (Wildman–Crippen LogP) is 1.71. The van der Waals surface area contributed by atoms with E-state index in [0.29, 0.717) is 10.6 Å². The van der Waals surface area contributed by atoms with Crippen LogP contribution in [0.25, 0.3) is 0 Å². The predicted molar refractivity (Wildman–Crippen MR) is 89.7 cm³/mol. The summed E-state index contributed by atoms with van der Waals surface area (Å²) in [6.45, 7) is 1.46. The van der Waals surface area contributed by atoms with Crippen molar-refractivity contribution in [1.82, 2.24) is 15.8 Å². The lowest BCUT2D eigenvalue weighted by atomic mass is 9.92. The number of rotatable bonds is 4. The molecule has 9 nitrogen and oxygen atoms in total. The highest BCUT2D eigenvalue weighted by Gasteiger charge is 2.50. The molecule has 0 spiro atoms. The molecule has 1 saturated heterocycles. The maximum Gasteiger partial charge on any atom is 0.344 e. The number of nitrogens with zero attached hydrogens (tertiary/aromatic N) is 2. The Morgan fingerprint density at radius 3 is 2.31 bits per heavy atom. The van der Waals surface area contributed by atoms with Crippen molar-refractivity contribution >= 4 is 23.5 Å². The number of imide groups is 1. The molecule has 1 atom stereocenters. The summed E-state index contributed by atoms with van der Waals surface area (Å²) in [6, 6.07) is 12.6. The molecule has 2 aromatic rings. The minimum Gasteiger partial charge on any atom is -0.318 e. The van der Waals surface area contributed by atoms with E-state index in [9.17, 15) is 24.5 Å². The Morgan fingerprint density at radius 2 is 1.73 bits per heavy atom. The summed E-state index contributed by atoms with van der Waals surface area (Å²) in [4.78, 5) is 47.3. The fourth-order valence-electron chi connectivity index (χ4n) is 2.61. The number of hydrazine groups is 1. The van der Waals surface area contributed by atoms with Gasteiger partial charge in [-0.1, -0.05) is 18.2 Å². The maximum atomic E-state index is 12.7. The number of nitro groups is 1. The third-order valence-corrected chi connectivity index (χ3v) is 4.10. The van der Waals surface area contributed by atoms with Crippen LogP contribution < -0.4 is 10.7 Å². The summed E-state index contributed by atoms with van der Waals surface area (Å²) in [5.41, 5.74) is 1.34. The average Bonchev–Trinajstić information content (AvgIpc) is 2.86. The van der Waals surface area contributed by atoms with E-state index in [1.807, 2.05) is 0 Å². The summed E-state index contributed by atoms with van der Waals surface area (Å²) < 4.78 is 0. The first kappa shape index (κ1) is 17.1. The summed E-state index contributed by atoms with van der Waals surface area (Å²) in [7, 11) is 0. The van der Waals surface area contributed by atoms with E-state index in [4.69, 9.17) is 0 Å². The fraction of sp³-hybridized carbons (Fsp3) is 0.118. The van der Waals surface area contributed by atoms with Gasteiger partial charge in [0.05, 0.1) is 4.92 Å². The molecule has 0 radical (unpaired) electrons. The molecule has 1 aliphatic heterocycles.